The van der Waals surface area contributed by atoms with E-state index in [0.29, 0.717) is 19.1 Å². The van der Waals surface area contributed by atoms with E-state index in [2.05, 4.69) is 13.8 Å². The van der Waals surface area contributed by atoms with Gasteiger partial charge in [0.05, 0.1) is 19.3 Å². The number of carbonyl (C=O) groups is 1. The molecule has 4 heteroatoms. The molecule has 0 saturated heterocycles. The minimum absolute atomic E-state index is 0.0547. The Balaban J connectivity index is 3.77. The van der Waals surface area contributed by atoms with E-state index >= 15 is 0 Å². The lowest BCUT2D eigenvalue weighted by Crippen LogP contribution is -2.28. The van der Waals surface area contributed by atoms with Gasteiger partial charge < -0.3 is 14.2 Å². The molecule has 0 heterocycles. The van der Waals surface area contributed by atoms with Gasteiger partial charge >= 0.3 is 5.97 Å². The van der Waals surface area contributed by atoms with Crippen molar-refractivity contribution in [1.29, 1.82) is 0 Å². The first-order chi connectivity index (χ1) is 7.47. The van der Waals surface area contributed by atoms with Crippen LogP contribution in [0.3, 0.4) is 0 Å². The molecule has 4 nitrogen and oxygen atoms in total. The van der Waals surface area contributed by atoms with Crippen LogP contribution in [0.25, 0.3) is 0 Å². The smallest absolute Gasteiger partial charge is 0.335 e. The number of methoxy groups -OCH3 is 1. The third kappa shape index (κ3) is 7.65. The Hall–Kier alpha value is -0.610. The zero-order chi connectivity index (χ0) is 12.6. The maximum Gasteiger partial charge on any atom is 0.335 e. The van der Waals surface area contributed by atoms with Crippen LogP contribution in [-0.4, -0.2) is 38.5 Å². The number of carbonyl (C=O) groups excluding carboxylic acids is 1. The summed E-state index contributed by atoms with van der Waals surface area (Å²) in [6, 6.07) is 0. The van der Waals surface area contributed by atoms with Crippen molar-refractivity contribution in [2.45, 2.75) is 46.3 Å². The highest BCUT2D eigenvalue weighted by Gasteiger charge is 2.18. The fourth-order valence-corrected chi connectivity index (χ4v) is 1.38. The first-order valence-electron chi connectivity index (χ1n) is 5.78. The number of esters is 1. The Kier molecular flexibility index (Phi) is 8.21. The topological polar surface area (TPSA) is 44.8 Å². The average Bonchev–Trinajstić information content (AvgIpc) is 2.16. The van der Waals surface area contributed by atoms with E-state index in [-0.39, 0.29) is 12.1 Å². The summed E-state index contributed by atoms with van der Waals surface area (Å²) in [4.78, 5) is 11.5. The van der Waals surface area contributed by atoms with E-state index in [9.17, 15) is 4.79 Å². The summed E-state index contributed by atoms with van der Waals surface area (Å²) in [6.07, 6.45) is 0.294. The highest BCUT2D eigenvalue weighted by Crippen LogP contribution is 2.09. The molecule has 0 amide bonds. The van der Waals surface area contributed by atoms with Gasteiger partial charge in [-0.2, -0.15) is 0 Å². The lowest BCUT2D eigenvalue weighted by Gasteiger charge is -2.18. The van der Waals surface area contributed by atoms with Crippen molar-refractivity contribution >= 4 is 5.97 Å². The Morgan fingerprint density at radius 3 is 2.25 bits per heavy atom. The molecule has 0 radical (unpaired) electrons. The number of hydrogen-bond donors (Lipinski definition) is 0. The molecule has 0 aromatic carbocycles. The van der Waals surface area contributed by atoms with Gasteiger partial charge in [-0.1, -0.05) is 13.8 Å². The molecule has 0 aliphatic carbocycles. The van der Waals surface area contributed by atoms with Gasteiger partial charge in [0, 0.05) is 7.11 Å². The van der Waals surface area contributed by atoms with Gasteiger partial charge in [-0.05, 0) is 26.2 Å². The summed E-state index contributed by atoms with van der Waals surface area (Å²) >= 11 is 0. The molecule has 0 aliphatic rings. The van der Waals surface area contributed by atoms with Crippen LogP contribution in [0, 0.1) is 5.92 Å². The number of rotatable bonds is 8. The van der Waals surface area contributed by atoms with Gasteiger partial charge in [0.25, 0.3) is 0 Å². The average molecular weight is 232 g/mol. The van der Waals surface area contributed by atoms with Gasteiger partial charge in [-0.3, -0.25) is 0 Å². The van der Waals surface area contributed by atoms with Crippen LogP contribution in [0.1, 0.15) is 34.1 Å². The Morgan fingerprint density at radius 2 is 1.75 bits per heavy atom. The van der Waals surface area contributed by atoms with Crippen LogP contribution < -0.4 is 0 Å². The molecule has 0 saturated carbocycles. The second-order valence-electron chi connectivity index (χ2n) is 4.38. The second kappa shape index (κ2) is 8.53. The normalized spacial score (nSPS) is 14.9. The summed E-state index contributed by atoms with van der Waals surface area (Å²) in [5.74, 6) is 0.219. The maximum absolute atomic E-state index is 11.5. The van der Waals surface area contributed by atoms with Gasteiger partial charge in [-0.25, -0.2) is 4.79 Å². The fourth-order valence-electron chi connectivity index (χ4n) is 1.38. The summed E-state index contributed by atoms with van der Waals surface area (Å²) in [6.45, 7) is 8.69. The van der Waals surface area contributed by atoms with Crippen molar-refractivity contribution in [3.63, 3.8) is 0 Å². The van der Waals surface area contributed by atoms with E-state index < -0.39 is 6.10 Å². The van der Waals surface area contributed by atoms with E-state index in [1.54, 1.807) is 14.0 Å². The Labute approximate surface area is 98.3 Å². The van der Waals surface area contributed by atoms with E-state index in [0.717, 1.165) is 6.42 Å². The van der Waals surface area contributed by atoms with Crippen LogP contribution in [0.2, 0.25) is 0 Å². The first kappa shape index (κ1) is 15.4. The minimum atomic E-state index is -0.523. The van der Waals surface area contributed by atoms with E-state index in [1.807, 2.05) is 6.92 Å². The summed E-state index contributed by atoms with van der Waals surface area (Å²) in [5.41, 5.74) is 0. The maximum atomic E-state index is 11.5. The summed E-state index contributed by atoms with van der Waals surface area (Å²) < 4.78 is 15.3. The highest BCUT2D eigenvalue weighted by molar-refractivity contribution is 5.74. The predicted octanol–water partition coefficient (Wildman–Crippen LogP) is 2.02. The number of ether oxygens (including phenoxy) is 3. The van der Waals surface area contributed by atoms with Crippen molar-refractivity contribution in [2.24, 2.45) is 5.92 Å². The van der Waals surface area contributed by atoms with Crippen LogP contribution in [0.15, 0.2) is 0 Å². The molecular weight excluding hydrogens is 208 g/mol. The van der Waals surface area contributed by atoms with Crippen molar-refractivity contribution in [1.82, 2.24) is 0 Å². The van der Waals surface area contributed by atoms with Crippen molar-refractivity contribution in [2.75, 3.05) is 20.3 Å². The third-order valence-corrected chi connectivity index (χ3v) is 2.11. The quantitative estimate of drug-likeness (QED) is 0.474. The predicted molar refractivity (Wildman–Crippen MR) is 62.3 cm³/mol. The molecule has 0 bridgehead atoms. The third-order valence-electron chi connectivity index (χ3n) is 2.11. The molecule has 2 unspecified atom stereocenters. The largest absolute Gasteiger partial charge is 0.461 e. The molecule has 0 fully saturated rings. The van der Waals surface area contributed by atoms with E-state index in [4.69, 9.17) is 14.2 Å². The molecule has 0 aromatic heterocycles. The SMILES string of the molecule is COCCOC(C)C(=O)OC(C)CC(C)C. The van der Waals surface area contributed by atoms with Crippen LogP contribution in [0.4, 0.5) is 0 Å². The summed E-state index contributed by atoms with van der Waals surface area (Å²) in [7, 11) is 1.59. The Bertz CT molecular complexity index is 191. The molecule has 0 N–H and O–H groups in total. The summed E-state index contributed by atoms with van der Waals surface area (Å²) in [5, 5.41) is 0. The molecule has 0 spiro atoms. The van der Waals surface area contributed by atoms with Gasteiger partial charge in [0.1, 0.15) is 0 Å². The van der Waals surface area contributed by atoms with Crippen molar-refractivity contribution in [3.05, 3.63) is 0 Å². The molecule has 0 rings (SSSR count). The fraction of sp³-hybridized carbons (Fsp3) is 0.917. The standard InChI is InChI=1S/C12H24O4/c1-9(2)8-10(3)16-12(13)11(4)15-7-6-14-5/h9-11H,6-8H2,1-5H3. The van der Waals surface area contributed by atoms with Gasteiger partial charge in [-0.15, -0.1) is 0 Å². The van der Waals surface area contributed by atoms with Crippen molar-refractivity contribution in [3.8, 4) is 0 Å². The Morgan fingerprint density at radius 1 is 1.12 bits per heavy atom. The minimum Gasteiger partial charge on any atom is -0.461 e. The van der Waals surface area contributed by atoms with Crippen LogP contribution in [0.5, 0.6) is 0 Å². The highest BCUT2D eigenvalue weighted by atomic mass is 16.6. The van der Waals surface area contributed by atoms with Gasteiger partial charge in [0.15, 0.2) is 6.10 Å². The molecule has 96 valence electrons. The molecular formula is C12H24O4. The molecule has 16 heavy (non-hydrogen) atoms. The zero-order valence-corrected chi connectivity index (χ0v) is 11.0. The lowest BCUT2D eigenvalue weighted by molar-refractivity contribution is -0.162. The first-order valence-corrected chi connectivity index (χ1v) is 5.78. The second-order valence-corrected chi connectivity index (χ2v) is 4.38. The van der Waals surface area contributed by atoms with Gasteiger partial charge in [0.2, 0.25) is 0 Å². The molecule has 0 aliphatic heterocycles. The molecule has 2 atom stereocenters. The van der Waals surface area contributed by atoms with Crippen molar-refractivity contribution < 1.29 is 19.0 Å². The van der Waals surface area contributed by atoms with Crippen LogP contribution >= 0.6 is 0 Å². The number of hydrogen-bond acceptors (Lipinski definition) is 4. The molecule has 0 aromatic rings. The lowest BCUT2D eigenvalue weighted by atomic mass is 10.1. The monoisotopic (exact) mass is 232 g/mol. The van der Waals surface area contributed by atoms with Crippen LogP contribution in [-0.2, 0) is 19.0 Å². The van der Waals surface area contributed by atoms with E-state index in [1.165, 1.54) is 0 Å². The zero-order valence-electron chi connectivity index (χ0n) is 11.0.